The predicted octanol–water partition coefficient (Wildman–Crippen LogP) is 2.55. The lowest BCUT2D eigenvalue weighted by atomic mass is 9.93. The molecule has 3 atom stereocenters. The Balaban J connectivity index is 1.57. The molecule has 1 fully saturated rings. The van der Waals surface area contributed by atoms with E-state index in [-0.39, 0.29) is 42.5 Å². The molecule has 4 heterocycles. The lowest BCUT2D eigenvalue weighted by Crippen LogP contribution is -2.66. The minimum Gasteiger partial charge on any atom is -0.461 e. The summed E-state index contributed by atoms with van der Waals surface area (Å²) in [6.45, 7) is -1.52. The average Bonchev–Trinajstić information content (AvgIpc) is 3.13. The number of carbonyl (C=O) groups excluding carboxylic acids is 1. The lowest BCUT2D eigenvalue weighted by Gasteiger charge is -2.51. The Morgan fingerprint density at radius 1 is 1.15 bits per heavy atom. The number of ether oxygens (including phenoxy) is 4. The van der Waals surface area contributed by atoms with Crippen LogP contribution < -0.4 is 15.2 Å². The maximum Gasteiger partial charge on any atom is 0.278 e. The quantitative estimate of drug-likeness (QED) is 0.446. The first kappa shape index (κ1) is 26.7. The summed E-state index contributed by atoms with van der Waals surface area (Å²) >= 11 is 1.39. The first-order chi connectivity index (χ1) is 19.4. The summed E-state index contributed by atoms with van der Waals surface area (Å²) in [4.78, 5) is 29.2. The van der Waals surface area contributed by atoms with E-state index in [2.05, 4.69) is 4.74 Å². The largest absolute Gasteiger partial charge is 0.461 e. The third-order valence-electron chi connectivity index (χ3n) is 7.15. The van der Waals surface area contributed by atoms with Crippen LogP contribution in [0.2, 0.25) is 0 Å². The van der Waals surface area contributed by atoms with E-state index in [4.69, 9.17) is 14.2 Å². The zero-order valence-electron chi connectivity index (χ0n) is 21.3. The van der Waals surface area contributed by atoms with Crippen molar-refractivity contribution in [3.05, 3.63) is 92.9 Å². The van der Waals surface area contributed by atoms with Crippen LogP contribution in [-0.2, 0) is 20.0 Å². The van der Waals surface area contributed by atoms with Gasteiger partial charge < -0.3 is 24.2 Å². The van der Waals surface area contributed by atoms with Crippen LogP contribution in [0.25, 0.3) is 0 Å². The van der Waals surface area contributed by atoms with Gasteiger partial charge in [0.15, 0.2) is 24.1 Å². The molecule has 0 spiro atoms. The van der Waals surface area contributed by atoms with Gasteiger partial charge in [-0.25, -0.2) is 8.78 Å². The predicted molar refractivity (Wildman–Crippen MR) is 138 cm³/mol. The molecule has 13 heteroatoms. The van der Waals surface area contributed by atoms with Crippen molar-refractivity contribution < 1.29 is 37.6 Å². The minimum absolute atomic E-state index is 0.0697. The third-order valence-corrected chi connectivity index (χ3v) is 8.26. The molecule has 3 aliphatic heterocycles. The van der Waals surface area contributed by atoms with Crippen molar-refractivity contribution in [2.75, 3.05) is 38.7 Å². The number of aromatic nitrogens is 1. The Kier molecular flexibility index (Phi) is 7.23. The van der Waals surface area contributed by atoms with Crippen LogP contribution in [0.1, 0.15) is 33.2 Å². The Bertz CT molecular complexity index is 1520. The number of carbonyl (C=O) groups is 1. The first-order valence-corrected chi connectivity index (χ1v) is 13.5. The first-order valence-electron chi connectivity index (χ1n) is 12.5. The highest BCUT2D eigenvalue weighted by atomic mass is 32.2. The summed E-state index contributed by atoms with van der Waals surface area (Å²) in [5.41, 5.74) is 0.907. The van der Waals surface area contributed by atoms with E-state index in [1.165, 1.54) is 35.8 Å². The number of aliphatic hydroxyl groups excluding tert-OH is 1. The SMILES string of the molecule is COC(O)OCOc1c2n(ccc1=O)N([C@@H]1c3ccccc3SCc3c1ccc(F)c3F)[C@@H]1COCCN1C2=O. The average molecular weight is 574 g/mol. The van der Waals surface area contributed by atoms with E-state index in [0.717, 1.165) is 16.5 Å². The van der Waals surface area contributed by atoms with Crippen molar-refractivity contribution in [3.63, 3.8) is 0 Å². The molecule has 1 N–H and O–H groups in total. The number of amides is 1. The van der Waals surface area contributed by atoms with Gasteiger partial charge in [0.1, 0.15) is 6.17 Å². The lowest BCUT2D eigenvalue weighted by molar-refractivity contribution is -0.270. The van der Waals surface area contributed by atoms with Crippen molar-refractivity contribution in [3.8, 4) is 5.75 Å². The smallest absolute Gasteiger partial charge is 0.278 e. The number of fused-ring (bicyclic) bond motifs is 4. The summed E-state index contributed by atoms with van der Waals surface area (Å²) in [6.07, 6.45) is 0.817. The van der Waals surface area contributed by atoms with Gasteiger partial charge in [0, 0.05) is 42.1 Å². The van der Waals surface area contributed by atoms with Gasteiger partial charge in [0.2, 0.25) is 11.2 Å². The third kappa shape index (κ3) is 4.43. The summed E-state index contributed by atoms with van der Waals surface area (Å²) in [7, 11) is 1.22. The summed E-state index contributed by atoms with van der Waals surface area (Å²) in [6, 6.07) is 10.8. The number of halogens is 2. The zero-order chi connectivity index (χ0) is 28.0. The highest BCUT2D eigenvalue weighted by Gasteiger charge is 2.46. The number of morpholine rings is 1. The number of pyridine rings is 1. The molecule has 10 nitrogen and oxygen atoms in total. The van der Waals surface area contributed by atoms with Crippen LogP contribution in [0.4, 0.5) is 8.78 Å². The number of hydrogen-bond acceptors (Lipinski definition) is 9. The summed E-state index contributed by atoms with van der Waals surface area (Å²) in [5.74, 6) is -2.42. The molecule has 1 aromatic heterocycles. The van der Waals surface area contributed by atoms with Crippen LogP contribution >= 0.6 is 11.8 Å². The second-order valence-electron chi connectivity index (χ2n) is 9.27. The summed E-state index contributed by atoms with van der Waals surface area (Å²) in [5, 5.41) is 11.4. The number of aliphatic hydroxyl groups is 1. The standard InChI is InChI=1S/C27H25F2N3O7S/c1-36-27(35)39-14-38-25-19(33)8-9-31-24(25)26(34)30-10-11-37-12-21(30)32(31)23-15-6-7-18(28)22(29)17(15)13-40-20-5-3-2-4-16(20)23/h2-9,21,23,27,35H,10-14H2,1H3/t21-,23+,27?/m1/s1. The Hall–Kier alpha value is -3.49. The molecule has 1 unspecified atom stereocenters. The van der Waals surface area contributed by atoms with E-state index >= 15 is 4.39 Å². The molecule has 0 saturated carbocycles. The van der Waals surface area contributed by atoms with Crippen molar-refractivity contribution in [1.82, 2.24) is 9.58 Å². The molecule has 1 saturated heterocycles. The Morgan fingerprint density at radius 3 is 2.80 bits per heavy atom. The molecule has 0 bridgehead atoms. The number of rotatable bonds is 6. The van der Waals surface area contributed by atoms with Crippen LogP contribution in [-0.4, -0.2) is 66.9 Å². The van der Waals surface area contributed by atoms with Crippen LogP contribution in [0.5, 0.6) is 5.75 Å². The molecular formula is C27H25F2N3O7S. The monoisotopic (exact) mass is 573 g/mol. The van der Waals surface area contributed by atoms with Gasteiger partial charge in [-0.3, -0.25) is 24.0 Å². The fraction of sp³-hybridized carbons (Fsp3) is 0.333. The molecule has 0 aliphatic carbocycles. The topological polar surface area (TPSA) is 103 Å². The van der Waals surface area contributed by atoms with Gasteiger partial charge in [0.25, 0.3) is 12.4 Å². The molecule has 1 amide bonds. The second-order valence-corrected chi connectivity index (χ2v) is 10.3. The number of nitrogens with zero attached hydrogens (tertiary/aromatic N) is 3. The maximum atomic E-state index is 15.3. The Morgan fingerprint density at radius 2 is 1.98 bits per heavy atom. The van der Waals surface area contributed by atoms with E-state index in [1.807, 2.05) is 29.3 Å². The number of hydrogen-bond donors (Lipinski definition) is 1. The van der Waals surface area contributed by atoms with Gasteiger partial charge in [0.05, 0.1) is 19.3 Å². The normalized spacial score (nSPS) is 20.6. The molecule has 3 aliphatic rings. The van der Waals surface area contributed by atoms with Crippen LogP contribution in [0, 0.1) is 11.6 Å². The number of methoxy groups -OCH3 is 1. The second kappa shape index (κ2) is 10.8. The van der Waals surface area contributed by atoms with Crippen molar-refractivity contribution in [2.45, 2.75) is 29.3 Å². The zero-order valence-corrected chi connectivity index (χ0v) is 22.1. The number of benzene rings is 2. The summed E-state index contributed by atoms with van der Waals surface area (Å²) < 4.78 is 52.2. The van der Waals surface area contributed by atoms with E-state index < -0.39 is 48.4 Å². The highest BCUT2D eigenvalue weighted by Crippen LogP contribution is 2.45. The molecule has 3 aromatic rings. The minimum atomic E-state index is -1.59. The van der Waals surface area contributed by atoms with Gasteiger partial charge in [-0.05, 0) is 23.3 Å². The van der Waals surface area contributed by atoms with Crippen LogP contribution in [0.15, 0.2) is 58.4 Å². The van der Waals surface area contributed by atoms with Crippen molar-refractivity contribution in [1.29, 1.82) is 0 Å². The molecule has 0 radical (unpaired) electrons. The molecule has 6 rings (SSSR count). The maximum absolute atomic E-state index is 15.3. The van der Waals surface area contributed by atoms with Gasteiger partial charge in [-0.15, -0.1) is 11.8 Å². The van der Waals surface area contributed by atoms with Crippen molar-refractivity contribution in [2.24, 2.45) is 0 Å². The molecular weight excluding hydrogens is 548 g/mol. The Labute approximate surface area is 231 Å². The molecule has 2 aromatic carbocycles. The molecule has 210 valence electrons. The van der Waals surface area contributed by atoms with Crippen LogP contribution in [0.3, 0.4) is 0 Å². The van der Waals surface area contributed by atoms with Gasteiger partial charge in [-0.1, -0.05) is 24.3 Å². The van der Waals surface area contributed by atoms with Gasteiger partial charge in [-0.2, -0.15) is 0 Å². The van der Waals surface area contributed by atoms with E-state index in [0.29, 0.717) is 5.56 Å². The fourth-order valence-corrected chi connectivity index (χ4v) is 6.44. The molecule has 40 heavy (non-hydrogen) atoms. The fourth-order valence-electron chi connectivity index (χ4n) is 5.33. The van der Waals surface area contributed by atoms with Crippen molar-refractivity contribution >= 4 is 17.7 Å². The van der Waals surface area contributed by atoms with Gasteiger partial charge >= 0.3 is 0 Å². The highest BCUT2D eigenvalue weighted by molar-refractivity contribution is 7.98. The van der Waals surface area contributed by atoms with E-state index in [9.17, 15) is 19.1 Å². The van der Waals surface area contributed by atoms with E-state index in [1.54, 1.807) is 11.0 Å². The number of thioether (sulfide) groups is 1.